The summed E-state index contributed by atoms with van der Waals surface area (Å²) in [5.41, 5.74) is 0. The Hall–Kier alpha value is -0.180. The first-order valence-electron chi connectivity index (χ1n) is 6.19. The zero-order valence-electron chi connectivity index (χ0n) is 10.1. The molecule has 0 spiro atoms. The minimum absolute atomic E-state index is 0.0969. The SMILES string of the molecule is CC.CC1CCCN(C2CC(F)(F)C2)C1. The van der Waals surface area contributed by atoms with E-state index in [1.54, 1.807) is 0 Å². The minimum Gasteiger partial charge on any atom is -0.300 e. The van der Waals surface area contributed by atoms with Crippen molar-refractivity contribution in [2.75, 3.05) is 13.1 Å². The molecule has 0 N–H and O–H groups in total. The quantitative estimate of drug-likeness (QED) is 0.652. The summed E-state index contributed by atoms with van der Waals surface area (Å²) < 4.78 is 25.2. The van der Waals surface area contributed by atoms with Crippen LogP contribution in [-0.4, -0.2) is 30.0 Å². The molecule has 2 aliphatic rings. The van der Waals surface area contributed by atoms with Gasteiger partial charge in [0, 0.05) is 25.4 Å². The summed E-state index contributed by atoms with van der Waals surface area (Å²) in [6.07, 6.45) is 2.64. The van der Waals surface area contributed by atoms with Crippen LogP contribution in [0.4, 0.5) is 8.78 Å². The molecule has 15 heavy (non-hydrogen) atoms. The van der Waals surface area contributed by atoms with Crippen molar-refractivity contribution in [1.29, 1.82) is 0 Å². The first kappa shape index (κ1) is 12.9. The fraction of sp³-hybridized carbons (Fsp3) is 1.00. The van der Waals surface area contributed by atoms with Gasteiger partial charge in [-0.1, -0.05) is 20.8 Å². The summed E-state index contributed by atoms with van der Waals surface area (Å²) in [6.45, 7) is 8.27. The summed E-state index contributed by atoms with van der Waals surface area (Å²) in [5.74, 6) is -1.66. The molecule has 0 amide bonds. The lowest BCUT2D eigenvalue weighted by molar-refractivity contribution is -0.129. The molecule has 2 fully saturated rings. The monoisotopic (exact) mass is 219 g/mol. The predicted octanol–water partition coefficient (Wildman–Crippen LogP) is 3.54. The molecule has 3 heteroatoms. The van der Waals surface area contributed by atoms with Gasteiger partial charge >= 0.3 is 0 Å². The van der Waals surface area contributed by atoms with Crippen LogP contribution in [0.2, 0.25) is 0 Å². The van der Waals surface area contributed by atoms with E-state index in [-0.39, 0.29) is 18.9 Å². The number of likely N-dealkylation sites (tertiary alicyclic amines) is 1. The van der Waals surface area contributed by atoms with Gasteiger partial charge < -0.3 is 0 Å². The van der Waals surface area contributed by atoms with Crippen LogP contribution < -0.4 is 0 Å². The van der Waals surface area contributed by atoms with Gasteiger partial charge in [-0.05, 0) is 25.3 Å². The van der Waals surface area contributed by atoms with E-state index in [0.29, 0.717) is 5.92 Å². The van der Waals surface area contributed by atoms with Gasteiger partial charge in [0.15, 0.2) is 0 Å². The predicted molar refractivity (Wildman–Crippen MR) is 59.3 cm³/mol. The van der Waals surface area contributed by atoms with E-state index < -0.39 is 5.92 Å². The second-order valence-corrected chi connectivity index (χ2v) is 4.66. The maximum atomic E-state index is 12.6. The highest BCUT2D eigenvalue weighted by Crippen LogP contribution is 2.41. The molecule has 1 aliphatic carbocycles. The van der Waals surface area contributed by atoms with Crippen molar-refractivity contribution >= 4 is 0 Å². The lowest BCUT2D eigenvalue weighted by Crippen LogP contribution is -2.53. The van der Waals surface area contributed by atoms with E-state index in [1.165, 1.54) is 12.8 Å². The molecule has 1 unspecified atom stereocenters. The third-order valence-electron chi connectivity index (χ3n) is 3.27. The molecule has 0 aromatic rings. The number of hydrogen-bond acceptors (Lipinski definition) is 1. The van der Waals surface area contributed by atoms with Gasteiger partial charge in [-0.15, -0.1) is 0 Å². The van der Waals surface area contributed by atoms with Crippen LogP contribution in [0, 0.1) is 5.92 Å². The first-order valence-corrected chi connectivity index (χ1v) is 6.19. The van der Waals surface area contributed by atoms with Gasteiger partial charge in [0.1, 0.15) is 0 Å². The molecule has 1 heterocycles. The minimum atomic E-state index is -2.36. The Labute approximate surface area is 91.8 Å². The zero-order valence-corrected chi connectivity index (χ0v) is 10.1. The molecule has 1 saturated carbocycles. The van der Waals surface area contributed by atoms with E-state index in [9.17, 15) is 8.78 Å². The fourth-order valence-electron chi connectivity index (χ4n) is 2.45. The Bertz CT molecular complexity index is 186. The number of rotatable bonds is 1. The highest BCUT2D eigenvalue weighted by Gasteiger charge is 2.48. The van der Waals surface area contributed by atoms with Crippen molar-refractivity contribution in [1.82, 2.24) is 4.90 Å². The summed E-state index contributed by atoms with van der Waals surface area (Å²) in [5, 5.41) is 0. The third-order valence-corrected chi connectivity index (χ3v) is 3.27. The number of halogens is 2. The van der Waals surface area contributed by atoms with Crippen molar-refractivity contribution < 1.29 is 8.78 Å². The molecular weight excluding hydrogens is 196 g/mol. The van der Waals surface area contributed by atoms with Gasteiger partial charge in [0.2, 0.25) is 0 Å². The van der Waals surface area contributed by atoms with Crippen LogP contribution in [0.15, 0.2) is 0 Å². The van der Waals surface area contributed by atoms with Crippen molar-refractivity contribution in [3.05, 3.63) is 0 Å². The van der Waals surface area contributed by atoms with Crippen molar-refractivity contribution in [2.24, 2.45) is 5.92 Å². The van der Waals surface area contributed by atoms with Gasteiger partial charge in [0.25, 0.3) is 5.92 Å². The number of nitrogens with zero attached hydrogens (tertiary/aromatic N) is 1. The van der Waals surface area contributed by atoms with Crippen LogP contribution >= 0.6 is 0 Å². The van der Waals surface area contributed by atoms with Crippen LogP contribution in [-0.2, 0) is 0 Å². The molecule has 1 aliphatic heterocycles. The second kappa shape index (κ2) is 5.24. The summed E-state index contributed by atoms with van der Waals surface area (Å²) >= 11 is 0. The number of piperidine rings is 1. The summed E-state index contributed by atoms with van der Waals surface area (Å²) in [4.78, 5) is 2.26. The van der Waals surface area contributed by atoms with Crippen LogP contribution in [0.5, 0.6) is 0 Å². The lowest BCUT2D eigenvalue weighted by Gasteiger charge is -2.45. The maximum absolute atomic E-state index is 12.6. The fourth-order valence-corrected chi connectivity index (χ4v) is 2.45. The summed E-state index contributed by atoms with van der Waals surface area (Å²) in [7, 11) is 0. The molecule has 1 atom stereocenters. The highest BCUT2D eigenvalue weighted by molar-refractivity contribution is 4.94. The summed E-state index contributed by atoms with van der Waals surface area (Å²) in [6, 6.07) is 0.178. The van der Waals surface area contributed by atoms with Gasteiger partial charge in [0.05, 0.1) is 0 Å². The average Bonchev–Trinajstić information content (AvgIpc) is 2.17. The van der Waals surface area contributed by atoms with Crippen LogP contribution in [0.3, 0.4) is 0 Å². The molecule has 0 aromatic carbocycles. The van der Waals surface area contributed by atoms with Gasteiger partial charge in [-0.25, -0.2) is 8.78 Å². The van der Waals surface area contributed by atoms with E-state index in [1.807, 2.05) is 13.8 Å². The molecule has 0 bridgehead atoms. The molecule has 1 nitrogen and oxygen atoms in total. The van der Waals surface area contributed by atoms with E-state index in [4.69, 9.17) is 0 Å². The Morgan fingerprint density at radius 3 is 2.27 bits per heavy atom. The average molecular weight is 219 g/mol. The van der Waals surface area contributed by atoms with E-state index in [2.05, 4.69) is 11.8 Å². The highest BCUT2D eigenvalue weighted by atomic mass is 19.3. The van der Waals surface area contributed by atoms with Crippen LogP contribution in [0.25, 0.3) is 0 Å². The number of alkyl halides is 2. The standard InChI is InChI=1S/C10H17F2N.C2H6/c1-8-3-2-4-13(7-8)9-5-10(11,12)6-9;1-2/h8-9H,2-7H2,1H3;1-2H3. The maximum Gasteiger partial charge on any atom is 0.251 e. The molecular formula is C12H23F2N. The normalized spacial score (nSPS) is 31.4. The van der Waals surface area contributed by atoms with E-state index >= 15 is 0 Å². The Kier molecular flexibility index (Phi) is 4.50. The number of hydrogen-bond donors (Lipinski definition) is 0. The van der Waals surface area contributed by atoms with Crippen molar-refractivity contribution in [3.63, 3.8) is 0 Å². The molecule has 90 valence electrons. The van der Waals surface area contributed by atoms with E-state index in [0.717, 1.165) is 13.1 Å². The largest absolute Gasteiger partial charge is 0.300 e. The Morgan fingerprint density at radius 1 is 1.20 bits per heavy atom. The molecule has 2 rings (SSSR count). The Balaban J connectivity index is 0.000000531. The molecule has 1 saturated heterocycles. The first-order chi connectivity index (χ1) is 7.07. The topological polar surface area (TPSA) is 3.24 Å². The molecule has 0 radical (unpaired) electrons. The lowest BCUT2D eigenvalue weighted by atomic mass is 9.85. The van der Waals surface area contributed by atoms with Gasteiger partial charge in [-0.3, -0.25) is 4.90 Å². The smallest absolute Gasteiger partial charge is 0.251 e. The second-order valence-electron chi connectivity index (χ2n) is 4.66. The van der Waals surface area contributed by atoms with Crippen molar-refractivity contribution in [3.8, 4) is 0 Å². The van der Waals surface area contributed by atoms with Crippen LogP contribution in [0.1, 0.15) is 46.5 Å². The zero-order chi connectivity index (χ0) is 11.5. The van der Waals surface area contributed by atoms with Gasteiger partial charge in [-0.2, -0.15) is 0 Å². The van der Waals surface area contributed by atoms with Crippen molar-refractivity contribution in [2.45, 2.75) is 58.4 Å². The third kappa shape index (κ3) is 3.40. The Morgan fingerprint density at radius 2 is 1.80 bits per heavy atom. The molecule has 0 aromatic heterocycles.